The second-order valence-electron chi connectivity index (χ2n) is 6.70. The molecular weight excluding hydrogens is 420 g/mol. The molecule has 0 aliphatic rings. The fourth-order valence-electron chi connectivity index (χ4n) is 3.06. The van der Waals surface area contributed by atoms with Crippen LogP contribution in [0.4, 0.5) is 11.5 Å². The van der Waals surface area contributed by atoms with Crippen LogP contribution in [0, 0.1) is 21.4 Å². The zero-order valence-electron chi connectivity index (χ0n) is 16.6. The zero-order chi connectivity index (χ0) is 22.5. The van der Waals surface area contributed by atoms with Gasteiger partial charge in [-0.15, -0.1) is 0 Å². The number of phenolic OH excluding ortho intramolecular Hbond substituents is 1. The Morgan fingerprint density at radius 3 is 2.65 bits per heavy atom. The van der Waals surface area contributed by atoms with E-state index in [1.165, 1.54) is 18.2 Å². The molecule has 2 aromatic carbocycles. The summed E-state index contributed by atoms with van der Waals surface area (Å²) in [5, 5.41) is 32.1. The van der Waals surface area contributed by atoms with Crippen molar-refractivity contribution in [3.63, 3.8) is 0 Å². The van der Waals surface area contributed by atoms with Gasteiger partial charge in [-0.05, 0) is 18.6 Å². The molecule has 1 heterocycles. The molecule has 0 aliphatic heterocycles. The molecule has 0 unspecified atom stereocenters. The fourth-order valence-corrected chi connectivity index (χ4v) is 3.30. The summed E-state index contributed by atoms with van der Waals surface area (Å²) >= 11 is 6.29. The molecule has 1 aromatic heterocycles. The third-order valence-electron chi connectivity index (χ3n) is 4.63. The van der Waals surface area contributed by atoms with Crippen molar-refractivity contribution in [3.8, 4) is 40.0 Å². The van der Waals surface area contributed by atoms with Crippen LogP contribution in [-0.2, 0) is 0 Å². The number of nitrogens with zero attached hydrogens (tertiary/aromatic N) is 3. The SMILES string of the molecule is CCCCOc1cc(O)c(-c2cc(-c3ccccc3Cl)c(C#N)c(N)n2)cc1[N+](=O)[O-]. The third kappa shape index (κ3) is 4.52. The van der Waals surface area contributed by atoms with Gasteiger partial charge >= 0.3 is 5.69 Å². The second-order valence-corrected chi connectivity index (χ2v) is 7.11. The summed E-state index contributed by atoms with van der Waals surface area (Å²) in [4.78, 5) is 15.2. The van der Waals surface area contributed by atoms with Crippen molar-refractivity contribution in [2.75, 3.05) is 12.3 Å². The molecule has 3 rings (SSSR count). The van der Waals surface area contributed by atoms with E-state index >= 15 is 0 Å². The first-order chi connectivity index (χ1) is 14.9. The van der Waals surface area contributed by atoms with E-state index in [-0.39, 0.29) is 46.4 Å². The standard InChI is InChI=1S/C22H19ClN4O4/c1-2-3-8-31-21-11-20(28)15(10-19(21)27(29)30)18-9-14(16(12-24)22(25)26-18)13-6-4-5-7-17(13)23/h4-7,9-11,28H,2-3,8H2,1H3,(H2,25,26). The van der Waals surface area contributed by atoms with Crippen molar-refractivity contribution in [3.05, 3.63) is 63.2 Å². The molecule has 0 radical (unpaired) electrons. The lowest BCUT2D eigenvalue weighted by Gasteiger charge is -2.13. The van der Waals surface area contributed by atoms with Crippen molar-refractivity contribution in [1.29, 1.82) is 5.26 Å². The largest absolute Gasteiger partial charge is 0.507 e. The van der Waals surface area contributed by atoms with Gasteiger partial charge in [0.05, 0.1) is 17.2 Å². The fraction of sp³-hybridized carbons (Fsp3) is 0.182. The van der Waals surface area contributed by atoms with Crippen LogP contribution in [0.1, 0.15) is 25.3 Å². The van der Waals surface area contributed by atoms with Gasteiger partial charge in [0.25, 0.3) is 0 Å². The molecule has 0 atom stereocenters. The van der Waals surface area contributed by atoms with Gasteiger partial charge in [0.15, 0.2) is 0 Å². The summed E-state index contributed by atoms with van der Waals surface area (Å²) < 4.78 is 5.47. The van der Waals surface area contributed by atoms with E-state index in [0.29, 0.717) is 22.6 Å². The van der Waals surface area contributed by atoms with E-state index in [1.54, 1.807) is 24.3 Å². The molecule has 0 bridgehead atoms. The number of ether oxygens (including phenoxy) is 1. The number of nitrogen functional groups attached to an aromatic ring is 1. The minimum absolute atomic E-state index is 0.0346. The number of benzene rings is 2. The maximum absolute atomic E-state index is 11.6. The van der Waals surface area contributed by atoms with E-state index in [0.717, 1.165) is 6.42 Å². The molecule has 9 heteroatoms. The van der Waals surface area contributed by atoms with Crippen molar-refractivity contribution in [2.45, 2.75) is 19.8 Å². The van der Waals surface area contributed by atoms with Crippen LogP contribution >= 0.6 is 11.6 Å². The normalized spacial score (nSPS) is 10.5. The lowest BCUT2D eigenvalue weighted by molar-refractivity contribution is -0.385. The summed E-state index contributed by atoms with van der Waals surface area (Å²) in [6.07, 6.45) is 1.58. The maximum Gasteiger partial charge on any atom is 0.311 e. The molecule has 158 valence electrons. The van der Waals surface area contributed by atoms with Gasteiger partial charge in [0.2, 0.25) is 5.75 Å². The minimum Gasteiger partial charge on any atom is -0.507 e. The van der Waals surface area contributed by atoms with Gasteiger partial charge in [-0.1, -0.05) is 43.1 Å². The van der Waals surface area contributed by atoms with Gasteiger partial charge in [-0.3, -0.25) is 10.1 Å². The third-order valence-corrected chi connectivity index (χ3v) is 4.96. The maximum atomic E-state index is 11.6. The molecule has 0 fully saturated rings. The zero-order valence-corrected chi connectivity index (χ0v) is 17.4. The van der Waals surface area contributed by atoms with E-state index in [1.807, 2.05) is 13.0 Å². The van der Waals surface area contributed by atoms with E-state index < -0.39 is 4.92 Å². The average molecular weight is 439 g/mol. The van der Waals surface area contributed by atoms with Gasteiger partial charge < -0.3 is 15.6 Å². The first-order valence-electron chi connectivity index (χ1n) is 9.47. The Morgan fingerprint density at radius 1 is 1.26 bits per heavy atom. The number of anilines is 1. The highest BCUT2D eigenvalue weighted by Crippen LogP contribution is 2.41. The number of nitriles is 1. The number of rotatable bonds is 7. The van der Waals surface area contributed by atoms with Crippen LogP contribution < -0.4 is 10.5 Å². The molecule has 0 saturated carbocycles. The number of nitro benzene ring substituents is 1. The van der Waals surface area contributed by atoms with Crippen LogP contribution in [-0.4, -0.2) is 21.6 Å². The van der Waals surface area contributed by atoms with Gasteiger partial charge in [0.1, 0.15) is 23.2 Å². The summed E-state index contributed by atoms with van der Waals surface area (Å²) in [7, 11) is 0. The smallest absolute Gasteiger partial charge is 0.311 e. The summed E-state index contributed by atoms with van der Waals surface area (Å²) in [6, 6.07) is 12.8. The Kier molecular flexibility index (Phi) is 6.58. The summed E-state index contributed by atoms with van der Waals surface area (Å²) in [5.74, 6) is -0.383. The Bertz CT molecular complexity index is 1190. The number of aromatic hydroxyl groups is 1. The number of halogens is 1. The predicted molar refractivity (Wildman–Crippen MR) is 118 cm³/mol. The molecule has 31 heavy (non-hydrogen) atoms. The number of nitrogens with two attached hydrogens (primary N) is 1. The van der Waals surface area contributed by atoms with Crippen LogP contribution in [0.5, 0.6) is 11.5 Å². The van der Waals surface area contributed by atoms with E-state index in [4.69, 9.17) is 22.1 Å². The van der Waals surface area contributed by atoms with Crippen molar-refractivity contribution in [2.24, 2.45) is 0 Å². The monoisotopic (exact) mass is 438 g/mol. The Labute approximate surface area is 183 Å². The quantitative estimate of drug-likeness (QED) is 0.289. The molecule has 3 aromatic rings. The van der Waals surface area contributed by atoms with Crippen molar-refractivity contribution >= 4 is 23.1 Å². The first-order valence-corrected chi connectivity index (χ1v) is 9.85. The Balaban J connectivity index is 2.19. The molecule has 8 nitrogen and oxygen atoms in total. The predicted octanol–water partition coefficient (Wildman–Crippen LogP) is 5.32. The summed E-state index contributed by atoms with van der Waals surface area (Å²) in [6.45, 7) is 2.25. The number of aromatic nitrogens is 1. The van der Waals surface area contributed by atoms with Crippen LogP contribution in [0.15, 0.2) is 42.5 Å². The number of phenols is 1. The van der Waals surface area contributed by atoms with Gasteiger partial charge in [-0.25, -0.2) is 4.98 Å². The highest BCUT2D eigenvalue weighted by Gasteiger charge is 2.23. The number of hydrogen-bond donors (Lipinski definition) is 2. The Morgan fingerprint density at radius 2 is 2.00 bits per heavy atom. The van der Waals surface area contributed by atoms with Crippen molar-refractivity contribution in [1.82, 2.24) is 4.98 Å². The van der Waals surface area contributed by atoms with Gasteiger partial charge in [0, 0.05) is 33.8 Å². The number of nitro groups is 1. The molecular formula is C22H19ClN4O4. The lowest BCUT2D eigenvalue weighted by atomic mass is 9.98. The topological polar surface area (TPSA) is 135 Å². The molecule has 0 spiro atoms. The minimum atomic E-state index is -0.591. The molecule has 0 saturated heterocycles. The second kappa shape index (κ2) is 9.32. The molecule has 3 N–H and O–H groups in total. The highest BCUT2D eigenvalue weighted by molar-refractivity contribution is 6.33. The van der Waals surface area contributed by atoms with Crippen LogP contribution in [0.25, 0.3) is 22.4 Å². The van der Waals surface area contributed by atoms with Crippen LogP contribution in [0.3, 0.4) is 0 Å². The highest BCUT2D eigenvalue weighted by atomic mass is 35.5. The van der Waals surface area contributed by atoms with E-state index in [9.17, 15) is 20.5 Å². The Hall–Kier alpha value is -3.83. The number of hydrogen-bond acceptors (Lipinski definition) is 7. The average Bonchev–Trinajstić information content (AvgIpc) is 2.73. The van der Waals surface area contributed by atoms with Gasteiger partial charge in [-0.2, -0.15) is 5.26 Å². The molecule has 0 aliphatic carbocycles. The molecule has 0 amide bonds. The number of unbranched alkanes of at least 4 members (excludes halogenated alkanes) is 1. The lowest BCUT2D eigenvalue weighted by Crippen LogP contribution is -2.02. The van der Waals surface area contributed by atoms with E-state index in [2.05, 4.69) is 4.98 Å². The first kappa shape index (κ1) is 21.9. The van der Waals surface area contributed by atoms with Crippen molar-refractivity contribution < 1.29 is 14.8 Å². The van der Waals surface area contributed by atoms with Crippen LogP contribution in [0.2, 0.25) is 5.02 Å². The number of pyridine rings is 1. The summed E-state index contributed by atoms with van der Waals surface area (Å²) in [5.41, 5.74) is 6.99.